The van der Waals surface area contributed by atoms with Crippen LogP contribution in [0.15, 0.2) is 48.5 Å². The van der Waals surface area contributed by atoms with Crippen LogP contribution in [0.2, 0.25) is 5.02 Å². The van der Waals surface area contributed by atoms with E-state index < -0.39 is 23.9 Å². The summed E-state index contributed by atoms with van der Waals surface area (Å²) >= 11 is 6.03. The van der Waals surface area contributed by atoms with Crippen molar-refractivity contribution in [2.24, 2.45) is 5.92 Å². The number of aryl methyl sites for hydroxylation is 1. The van der Waals surface area contributed by atoms with E-state index in [9.17, 15) is 14.4 Å². The van der Waals surface area contributed by atoms with Gasteiger partial charge in [0.1, 0.15) is 0 Å². The fourth-order valence-electron chi connectivity index (χ4n) is 3.29. The maximum Gasteiger partial charge on any atom is 0.312 e. The maximum absolute atomic E-state index is 12.5. The number of esters is 1. The first-order valence-electron chi connectivity index (χ1n) is 9.54. The van der Waals surface area contributed by atoms with E-state index in [0.717, 1.165) is 17.7 Å². The van der Waals surface area contributed by atoms with Crippen molar-refractivity contribution in [3.8, 4) is 0 Å². The Hall–Kier alpha value is -2.86. The van der Waals surface area contributed by atoms with Crippen LogP contribution >= 0.6 is 11.6 Å². The molecule has 1 saturated heterocycles. The second kappa shape index (κ2) is 9.09. The molecule has 1 heterocycles. The summed E-state index contributed by atoms with van der Waals surface area (Å²) in [6, 6.07) is 14.4. The molecule has 0 unspecified atom stereocenters. The Morgan fingerprint density at radius 1 is 1.21 bits per heavy atom. The van der Waals surface area contributed by atoms with Gasteiger partial charge < -0.3 is 15.0 Å². The van der Waals surface area contributed by atoms with Crippen molar-refractivity contribution in [1.29, 1.82) is 0 Å². The van der Waals surface area contributed by atoms with E-state index in [2.05, 4.69) is 5.32 Å². The second-order valence-corrected chi connectivity index (χ2v) is 7.34. The van der Waals surface area contributed by atoms with Crippen LogP contribution in [0.4, 0.5) is 11.4 Å². The summed E-state index contributed by atoms with van der Waals surface area (Å²) in [6.07, 6.45) is -0.157. The van der Waals surface area contributed by atoms with Crippen LogP contribution in [-0.2, 0) is 25.5 Å². The molecule has 1 aliphatic rings. The third-order valence-electron chi connectivity index (χ3n) is 4.92. The van der Waals surface area contributed by atoms with Crippen molar-refractivity contribution in [3.63, 3.8) is 0 Å². The maximum atomic E-state index is 12.5. The molecule has 0 aromatic heterocycles. The van der Waals surface area contributed by atoms with Crippen LogP contribution in [0.1, 0.15) is 25.8 Å². The smallest absolute Gasteiger partial charge is 0.312 e. The van der Waals surface area contributed by atoms with E-state index in [1.54, 1.807) is 29.2 Å². The van der Waals surface area contributed by atoms with Gasteiger partial charge in [-0.2, -0.15) is 0 Å². The van der Waals surface area contributed by atoms with E-state index >= 15 is 0 Å². The highest BCUT2D eigenvalue weighted by Gasteiger charge is 2.37. The first-order valence-corrected chi connectivity index (χ1v) is 9.92. The summed E-state index contributed by atoms with van der Waals surface area (Å²) in [5.41, 5.74) is 2.31. The number of anilines is 2. The first kappa shape index (κ1) is 20.9. The molecule has 1 N–H and O–H groups in total. The lowest BCUT2D eigenvalue weighted by Gasteiger charge is -2.20. The molecule has 2 aromatic carbocycles. The van der Waals surface area contributed by atoms with Crippen LogP contribution in [0, 0.1) is 5.92 Å². The average molecular weight is 415 g/mol. The molecule has 0 spiro atoms. The van der Waals surface area contributed by atoms with E-state index in [4.69, 9.17) is 16.3 Å². The summed E-state index contributed by atoms with van der Waals surface area (Å²) in [5.74, 6) is -1.77. The van der Waals surface area contributed by atoms with Gasteiger partial charge in [-0.15, -0.1) is 0 Å². The summed E-state index contributed by atoms with van der Waals surface area (Å²) in [6.45, 7) is 3.75. The van der Waals surface area contributed by atoms with Crippen LogP contribution in [-0.4, -0.2) is 30.4 Å². The standard InChI is InChI=1S/C22H23ClN2O4/c1-3-15-8-4-7-11-19(15)25-13-16(12-20(25)26)22(28)29-14(2)21(27)24-18-10-6-5-9-17(18)23/h4-11,14,16H,3,12-13H2,1-2H3,(H,24,27)/t14-,16+/m0/s1. The lowest BCUT2D eigenvalue weighted by Crippen LogP contribution is -2.33. The number of hydrogen-bond acceptors (Lipinski definition) is 4. The molecule has 1 aliphatic heterocycles. The summed E-state index contributed by atoms with van der Waals surface area (Å²) < 4.78 is 5.32. The van der Waals surface area contributed by atoms with Gasteiger partial charge in [0.25, 0.3) is 5.91 Å². The highest BCUT2D eigenvalue weighted by Crippen LogP contribution is 2.29. The highest BCUT2D eigenvalue weighted by molar-refractivity contribution is 6.33. The van der Waals surface area contributed by atoms with Gasteiger partial charge in [-0.25, -0.2) is 0 Å². The number of nitrogens with one attached hydrogen (secondary N) is 1. The molecule has 2 atom stereocenters. The van der Waals surface area contributed by atoms with Gasteiger partial charge in [0.2, 0.25) is 5.91 Å². The van der Waals surface area contributed by atoms with Gasteiger partial charge in [-0.3, -0.25) is 14.4 Å². The predicted octanol–water partition coefficient (Wildman–Crippen LogP) is 3.83. The lowest BCUT2D eigenvalue weighted by atomic mass is 10.1. The molecule has 2 aromatic rings. The number of benzene rings is 2. The molecule has 3 rings (SSSR count). The number of halogens is 1. The molecule has 0 saturated carbocycles. The zero-order valence-electron chi connectivity index (χ0n) is 16.4. The van der Waals surface area contributed by atoms with E-state index in [-0.39, 0.29) is 18.9 Å². The zero-order valence-corrected chi connectivity index (χ0v) is 17.1. The fraction of sp³-hybridized carbons (Fsp3) is 0.318. The van der Waals surface area contributed by atoms with Gasteiger partial charge in [0.05, 0.1) is 16.6 Å². The minimum Gasteiger partial charge on any atom is -0.452 e. The zero-order chi connectivity index (χ0) is 21.0. The molecule has 1 fully saturated rings. The van der Waals surface area contributed by atoms with Gasteiger partial charge >= 0.3 is 5.97 Å². The Morgan fingerprint density at radius 3 is 2.62 bits per heavy atom. The van der Waals surface area contributed by atoms with Crippen molar-refractivity contribution in [2.45, 2.75) is 32.8 Å². The number of nitrogens with zero attached hydrogens (tertiary/aromatic N) is 1. The van der Waals surface area contributed by atoms with Crippen molar-refractivity contribution in [1.82, 2.24) is 0 Å². The first-order chi connectivity index (χ1) is 13.9. The normalized spacial score (nSPS) is 17.1. The fourth-order valence-corrected chi connectivity index (χ4v) is 3.48. The number of hydrogen-bond donors (Lipinski definition) is 1. The van der Waals surface area contributed by atoms with Gasteiger partial charge in [0, 0.05) is 18.7 Å². The highest BCUT2D eigenvalue weighted by atomic mass is 35.5. The molecule has 7 heteroatoms. The minimum absolute atomic E-state index is 0.0652. The van der Waals surface area contributed by atoms with Crippen LogP contribution < -0.4 is 10.2 Å². The van der Waals surface area contributed by atoms with Crippen molar-refractivity contribution in [2.75, 3.05) is 16.8 Å². The Bertz CT molecular complexity index is 931. The monoisotopic (exact) mass is 414 g/mol. The number of rotatable bonds is 6. The largest absolute Gasteiger partial charge is 0.452 e. The molecule has 0 bridgehead atoms. The second-order valence-electron chi connectivity index (χ2n) is 6.94. The molecular formula is C22H23ClN2O4. The summed E-state index contributed by atoms with van der Waals surface area (Å²) in [7, 11) is 0. The molecule has 2 amide bonds. The third kappa shape index (κ3) is 4.77. The Kier molecular flexibility index (Phi) is 6.54. The molecule has 29 heavy (non-hydrogen) atoms. The number of para-hydroxylation sites is 2. The summed E-state index contributed by atoms with van der Waals surface area (Å²) in [5, 5.41) is 3.03. The molecule has 152 valence electrons. The van der Waals surface area contributed by atoms with Crippen molar-refractivity contribution >= 4 is 40.8 Å². The molecule has 6 nitrogen and oxygen atoms in total. The van der Waals surface area contributed by atoms with Crippen LogP contribution in [0.3, 0.4) is 0 Å². The van der Waals surface area contributed by atoms with Crippen LogP contribution in [0.5, 0.6) is 0 Å². The van der Waals surface area contributed by atoms with Gasteiger partial charge in [-0.1, -0.05) is 48.9 Å². The molecular weight excluding hydrogens is 392 g/mol. The van der Waals surface area contributed by atoms with Gasteiger partial charge in [0.15, 0.2) is 6.10 Å². The third-order valence-corrected chi connectivity index (χ3v) is 5.25. The number of carbonyl (C=O) groups excluding carboxylic acids is 3. The van der Waals surface area contributed by atoms with Gasteiger partial charge in [-0.05, 0) is 37.1 Å². The Morgan fingerprint density at radius 2 is 1.90 bits per heavy atom. The van der Waals surface area contributed by atoms with E-state index in [1.165, 1.54) is 6.92 Å². The van der Waals surface area contributed by atoms with E-state index in [1.807, 2.05) is 31.2 Å². The summed E-state index contributed by atoms with van der Waals surface area (Å²) in [4.78, 5) is 39.0. The Balaban J connectivity index is 1.61. The van der Waals surface area contributed by atoms with Crippen molar-refractivity contribution in [3.05, 3.63) is 59.1 Å². The quantitative estimate of drug-likeness (QED) is 0.729. The molecule has 0 radical (unpaired) electrons. The number of amides is 2. The lowest BCUT2D eigenvalue weighted by molar-refractivity contribution is -0.157. The average Bonchev–Trinajstić information content (AvgIpc) is 3.11. The van der Waals surface area contributed by atoms with E-state index in [0.29, 0.717) is 10.7 Å². The number of carbonyl (C=O) groups is 3. The molecule has 0 aliphatic carbocycles. The van der Waals surface area contributed by atoms with Crippen LogP contribution in [0.25, 0.3) is 0 Å². The Labute approximate surface area is 174 Å². The number of ether oxygens (including phenoxy) is 1. The van der Waals surface area contributed by atoms with Crippen molar-refractivity contribution < 1.29 is 19.1 Å². The topological polar surface area (TPSA) is 75.7 Å². The minimum atomic E-state index is -1.01. The predicted molar refractivity (Wildman–Crippen MR) is 112 cm³/mol. The SMILES string of the molecule is CCc1ccccc1N1C[C@H](C(=O)O[C@@H](C)C(=O)Nc2ccccc2Cl)CC1=O.